The molecule has 0 spiro atoms. The van der Waals surface area contributed by atoms with Crippen LogP contribution in [0.1, 0.15) is 35.5 Å². The van der Waals surface area contributed by atoms with E-state index in [0.717, 1.165) is 17.9 Å². The van der Waals surface area contributed by atoms with E-state index in [1.807, 2.05) is 38.4 Å². The molecule has 124 valence electrons. The van der Waals surface area contributed by atoms with Crippen LogP contribution in [0, 0.1) is 0 Å². The van der Waals surface area contributed by atoms with Crippen molar-refractivity contribution in [3.05, 3.63) is 54.0 Å². The first-order valence-electron chi connectivity index (χ1n) is 7.96. The standard InChI is InChI=1S/C18H24N2O3/c1-4-11-22-15-9-7-14(8-10-15)18(21)19-13-16(20(2)3)17-6-5-12-23-17/h5-10,12,16H,4,11,13H2,1-3H3,(H,19,21)/p+1/t16-/m0/s1. The quantitative estimate of drug-likeness (QED) is 0.779. The summed E-state index contributed by atoms with van der Waals surface area (Å²) in [5, 5.41) is 2.97. The van der Waals surface area contributed by atoms with Crippen molar-refractivity contribution in [1.82, 2.24) is 5.32 Å². The molecule has 5 heteroatoms. The maximum absolute atomic E-state index is 12.3. The van der Waals surface area contributed by atoms with Crippen LogP contribution >= 0.6 is 0 Å². The number of ether oxygens (including phenoxy) is 1. The Morgan fingerprint density at radius 3 is 2.57 bits per heavy atom. The van der Waals surface area contributed by atoms with Gasteiger partial charge in [-0.05, 0) is 42.8 Å². The molecule has 2 N–H and O–H groups in total. The Kier molecular flexibility index (Phi) is 6.23. The van der Waals surface area contributed by atoms with Gasteiger partial charge < -0.3 is 19.4 Å². The fraction of sp³-hybridized carbons (Fsp3) is 0.389. The van der Waals surface area contributed by atoms with Crippen molar-refractivity contribution < 1.29 is 18.8 Å². The fourth-order valence-corrected chi connectivity index (χ4v) is 2.30. The molecule has 0 saturated carbocycles. The molecule has 2 aromatic rings. The molecule has 1 atom stereocenters. The van der Waals surface area contributed by atoms with Gasteiger partial charge in [0.05, 0.1) is 33.5 Å². The molecule has 0 unspecified atom stereocenters. The zero-order valence-corrected chi connectivity index (χ0v) is 14.0. The number of benzene rings is 1. The molecular formula is C18H25N2O3+. The van der Waals surface area contributed by atoms with Gasteiger partial charge in [0.2, 0.25) is 0 Å². The number of rotatable bonds is 8. The largest absolute Gasteiger partial charge is 0.494 e. The average Bonchev–Trinajstić information content (AvgIpc) is 3.07. The number of carbonyl (C=O) groups excluding carboxylic acids is 1. The number of nitrogens with one attached hydrogen (secondary N) is 2. The van der Waals surface area contributed by atoms with E-state index in [2.05, 4.69) is 12.2 Å². The van der Waals surface area contributed by atoms with Crippen molar-refractivity contribution in [3.63, 3.8) is 0 Å². The number of quaternary nitrogens is 1. The van der Waals surface area contributed by atoms with Gasteiger partial charge >= 0.3 is 0 Å². The maximum atomic E-state index is 12.3. The molecule has 5 nitrogen and oxygen atoms in total. The van der Waals surface area contributed by atoms with Gasteiger partial charge in [-0.25, -0.2) is 0 Å². The molecule has 0 radical (unpaired) electrons. The Bertz CT molecular complexity index is 591. The molecule has 23 heavy (non-hydrogen) atoms. The van der Waals surface area contributed by atoms with Crippen LogP contribution in [0.15, 0.2) is 47.1 Å². The molecule has 2 rings (SSSR count). The van der Waals surface area contributed by atoms with Gasteiger partial charge in [-0.1, -0.05) is 6.92 Å². The van der Waals surface area contributed by atoms with E-state index in [-0.39, 0.29) is 11.9 Å². The predicted octanol–water partition coefficient (Wildman–Crippen LogP) is 1.68. The minimum absolute atomic E-state index is 0.0844. The first kappa shape index (κ1) is 17.1. The molecule has 1 aromatic carbocycles. The third-order valence-corrected chi connectivity index (χ3v) is 3.64. The van der Waals surface area contributed by atoms with Gasteiger partial charge in [0.15, 0.2) is 11.8 Å². The van der Waals surface area contributed by atoms with Crippen LogP contribution in [0.2, 0.25) is 0 Å². The zero-order valence-electron chi connectivity index (χ0n) is 14.0. The third kappa shape index (κ3) is 4.86. The summed E-state index contributed by atoms with van der Waals surface area (Å²) in [4.78, 5) is 13.5. The van der Waals surface area contributed by atoms with Crippen LogP contribution in [-0.4, -0.2) is 33.2 Å². The Balaban J connectivity index is 1.93. The number of amides is 1. The van der Waals surface area contributed by atoms with E-state index in [9.17, 15) is 4.79 Å². The summed E-state index contributed by atoms with van der Waals surface area (Å²) in [6.07, 6.45) is 2.62. The van der Waals surface area contributed by atoms with Crippen molar-refractivity contribution in [2.45, 2.75) is 19.4 Å². The van der Waals surface area contributed by atoms with Crippen molar-refractivity contribution in [2.24, 2.45) is 0 Å². The van der Waals surface area contributed by atoms with E-state index in [1.165, 1.54) is 4.90 Å². The lowest BCUT2D eigenvalue weighted by Crippen LogP contribution is -3.07. The van der Waals surface area contributed by atoms with Crippen LogP contribution in [0.25, 0.3) is 0 Å². The van der Waals surface area contributed by atoms with Gasteiger partial charge in [-0.15, -0.1) is 0 Å². The molecule has 1 amide bonds. The zero-order chi connectivity index (χ0) is 16.7. The predicted molar refractivity (Wildman–Crippen MR) is 88.8 cm³/mol. The molecule has 0 saturated heterocycles. The van der Waals surface area contributed by atoms with Crippen LogP contribution in [-0.2, 0) is 0 Å². The minimum atomic E-state index is -0.0927. The molecule has 1 heterocycles. The normalized spacial score (nSPS) is 12.2. The van der Waals surface area contributed by atoms with E-state index in [1.54, 1.807) is 18.4 Å². The first-order chi connectivity index (χ1) is 11.1. The lowest BCUT2D eigenvalue weighted by Gasteiger charge is -2.19. The lowest BCUT2D eigenvalue weighted by atomic mass is 10.1. The van der Waals surface area contributed by atoms with E-state index in [0.29, 0.717) is 18.7 Å². The van der Waals surface area contributed by atoms with Crippen LogP contribution in [0.4, 0.5) is 0 Å². The van der Waals surface area contributed by atoms with Crippen molar-refractivity contribution in [1.29, 1.82) is 0 Å². The number of likely N-dealkylation sites (N-methyl/N-ethyl adjacent to an activating group) is 1. The molecule has 0 aliphatic carbocycles. The van der Waals surface area contributed by atoms with E-state index >= 15 is 0 Å². The second-order valence-corrected chi connectivity index (χ2v) is 5.73. The smallest absolute Gasteiger partial charge is 0.251 e. The van der Waals surface area contributed by atoms with Gasteiger partial charge in [0, 0.05) is 5.56 Å². The maximum Gasteiger partial charge on any atom is 0.251 e. The second kappa shape index (κ2) is 8.39. The molecular weight excluding hydrogens is 292 g/mol. The van der Waals surface area contributed by atoms with E-state index < -0.39 is 0 Å². The highest BCUT2D eigenvalue weighted by atomic mass is 16.5. The SMILES string of the molecule is CCCOc1ccc(C(=O)NC[C@@H](c2ccco2)[NH+](C)C)cc1. The number of hydrogen-bond acceptors (Lipinski definition) is 3. The summed E-state index contributed by atoms with van der Waals surface area (Å²) in [5.41, 5.74) is 0.626. The number of carbonyl (C=O) groups is 1. The minimum Gasteiger partial charge on any atom is -0.494 e. The first-order valence-corrected chi connectivity index (χ1v) is 7.96. The Morgan fingerprint density at radius 1 is 1.26 bits per heavy atom. The Labute approximate surface area is 137 Å². The van der Waals surface area contributed by atoms with Gasteiger partial charge in [0.1, 0.15) is 5.75 Å². The molecule has 0 aliphatic rings. The Morgan fingerprint density at radius 2 is 2.00 bits per heavy atom. The van der Waals surface area contributed by atoms with Gasteiger partial charge in [-0.3, -0.25) is 4.79 Å². The fourth-order valence-electron chi connectivity index (χ4n) is 2.30. The Hall–Kier alpha value is -2.27. The molecule has 0 fully saturated rings. The van der Waals surface area contributed by atoms with Crippen molar-refractivity contribution in [2.75, 3.05) is 27.2 Å². The summed E-state index contributed by atoms with van der Waals surface area (Å²) < 4.78 is 11.0. The monoisotopic (exact) mass is 317 g/mol. The summed E-state index contributed by atoms with van der Waals surface area (Å²) in [6.45, 7) is 3.26. The summed E-state index contributed by atoms with van der Waals surface area (Å²) >= 11 is 0. The number of furan rings is 1. The molecule has 0 bridgehead atoms. The van der Waals surface area contributed by atoms with Crippen LogP contribution < -0.4 is 15.0 Å². The summed E-state index contributed by atoms with van der Waals surface area (Å²) in [5.74, 6) is 1.56. The average molecular weight is 317 g/mol. The van der Waals surface area contributed by atoms with Crippen molar-refractivity contribution >= 4 is 5.91 Å². The highest BCUT2D eigenvalue weighted by Gasteiger charge is 2.21. The summed E-state index contributed by atoms with van der Waals surface area (Å²) in [6, 6.07) is 11.1. The second-order valence-electron chi connectivity index (χ2n) is 5.73. The van der Waals surface area contributed by atoms with Crippen LogP contribution in [0.3, 0.4) is 0 Å². The van der Waals surface area contributed by atoms with Crippen LogP contribution in [0.5, 0.6) is 5.75 Å². The van der Waals surface area contributed by atoms with Gasteiger partial charge in [0.25, 0.3) is 5.91 Å². The summed E-state index contributed by atoms with van der Waals surface area (Å²) in [7, 11) is 4.08. The van der Waals surface area contributed by atoms with Crippen molar-refractivity contribution in [3.8, 4) is 5.75 Å². The highest BCUT2D eigenvalue weighted by Crippen LogP contribution is 2.13. The third-order valence-electron chi connectivity index (χ3n) is 3.64. The highest BCUT2D eigenvalue weighted by molar-refractivity contribution is 5.94. The molecule has 0 aliphatic heterocycles. The van der Waals surface area contributed by atoms with Gasteiger partial charge in [-0.2, -0.15) is 0 Å². The van der Waals surface area contributed by atoms with E-state index in [4.69, 9.17) is 9.15 Å². The lowest BCUT2D eigenvalue weighted by molar-refractivity contribution is -0.891. The topological polar surface area (TPSA) is 55.9 Å². The number of hydrogen-bond donors (Lipinski definition) is 2. The molecule has 1 aromatic heterocycles.